The standard InChI is InChI=1S/C27H33F3N6O3/c1-17-12-35(24-31-10-21(11-32-24)27(28,29)30)13-18(2)36(17)25(38)33-22-8-26(9-22)15-34(16-26)14-19-4-6-20(7-5-19)23(37)39-3/h4-7,10-11,17-18,22H,8-9,12-16H2,1-3H3,(H,33,38)/t17-,18+. The number of urea groups is 1. The minimum atomic E-state index is -4.48. The number of anilines is 1. The maximum Gasteiger partial charge on any atom is 0.419 e. The molecule has 3 aliphatic rings. The smallest absolute Gasteiger partial charge is 0.419 e. The van der Waals surface area contributed by atoms with Gasteiger partial charge >= 0.3 is 18.2 Å². The Morgan fingerprint density at radius 2 is 1.64 bits per heavy atom. The Hall–Kier alpha value is -3.41. The average Bonchev–Trinajstić information content (AvgIpc) is 2.85. The number of ether oxygens (including phenoxy) is 1. The topological polar surface area (TPSA) is 90.9 Å². The number of alkyl halides is 3. The summed E-state index contributed by atoms with van der Waals surface area (Å²) >= 11 is 0. The quantitative estimate of drug-likeness (QED) is 0.574. The van der Waals surface area contributed by atoms with Gasteiger partial charge in [0.2, 0.25) is 5.95 Å². The third kappa shape index (κ3) is 5.66. The molecule has 2 aliphatic heterocycles. The molecule has 1 aromatic carbocycles. The van der Waals surface area contributed by atoms with Crippen molar-refractivity contribution in [3.8, 4) is 0 Å². The van der Waals surface area contributed by atoms with Crippen LogP contribution in [0, 0.1) is 5.41 Å². The minimum absolute atomic E-state index is 0.107. The monoisotopic (exact) mass is 546 g/mol. The van der Waals surface area contributed by atoms with Gasteiger partial charge in [0.05, 0.1) is 18.2 Å². The third-order valence-electron chi connectivity index (χ3n) is 7.99. The van der Waals surface area contributed by atoms with Crippen LogP contribution in [0.4, 0.5) is 23.9 Å². The lowest BCUT2D eigenvalue weighted by atomic mass is 9.60. The summed E-state index contributed by atoms with van der Waals surface area (Å²) in [5, 5.41) is 3.19. The molecular weight excluding hydrogens is 513 g/mol. The number of carbonyl (C=O) groups is 2. The predicted octanol–water partition coefficient (Wildman–Crippen LogP) is 3.56. The fraction of sp³-hybridized carbons (Fsp3) is 0.556. The van der Waals surface area contributed by atoms with Crippen LogP contribution in [0.5, 0.6) is 0 Å². The van der Waals surface area contributed by atoms with Crippen LogP contribution in [-0.2, 0) is 17.5 Å². The number of methoxy groups -OCH3 is 1. The van der Waals surface area contributed by atoms with Crippen molar-refractivity contribution in [3.63, 3.8) is 0 Å². The van der Waals surface area contributed by atoms with Gasteiger partial charge < -0.3 is 19.9 Å². The fourth-order valence-corrected chi connectivity index (χ4v) is 6.25. The van der Waals surface area contributed by atoms with Crippen LogP contribution in [0.15, 0.2) is 36.7 Å². The van der Waals surface area contributed by atoms with Gasteiger partial charge in [-0.15, -0.1) is 0 Å². The largest absolute Gasteiger partial charge is 0.465 e. The van der Waals surface area contributed by atoms with E-state index in [9.17, 15) is 22.8 Å². The van der Waals surface area contributed by atoms with Gasteiger partial charge in [-0.1, -0.05) is 12.1 Å². The number of nitrogens with zero attached hydrogens (tertiary/aromatic N) is 5. The lowest BCUT2D eigenvalue weighted by Gasteiger charge is -2.59. The molecule has 39 heavy (non-hydrogen) atoms. The molecule has 9 nitrogen and oxygen atoms in total. The first-order valence-electron chi connectivity index (χ1n) is 13.1. The number of esters is 1. The summed E-state index contributed by atoms with van der Waals surface area (Å²) in [5.74, 6) is -0.109. The molecule has 1 saturated carbocycles. The molecule has 2 amide bonds. The molecule has 1 aliphatic carbocycles. The van der Waals surface area contributed by atoms with Crippen molar-refractivity contribution in [2.75, 3.05) is 38.2 Å². The Labute approximate surface area is 225 Å². The number of benzene rings is 1. The number of amides is 2. The molecule has 0 unspecified atom stereocenters. The molecule has 2 aromatic rings. The third-order valence-corrected chi connectivity index (χ3v) is 7.99. The predicted molar refractivity (Wildman–Crippen MR) is 137 cm³/mol. The molecule has 1 aromatic heterocycles. The molecule has 3 heterocycles. The van der Waals surface area contributed by atoms with Crippen molar-refractivity contribution in [1.29, 1.82) is 0 Å². The van der Waals surface area contributed by atoms with E-state index in [4.69, 9.17) is 4.74 Å². The first-order valence-corrected chi connectivity index (χ1v) is 13.1. The van der Waals surface area contributed by atoms with E-state index in [2.05, 4.69) is 20.2 Å². The zero-order chi connectivity index (χ0) is 27.9. The molecule has 12 heteroatoms. The van der Waals surface area contributed by atoms with Gasteiger partial charge in [-0.25, -0.2) is 19.6 Å². The summed E-state index contributed by atoms with van der Waals surface area (Å²) in [6, 6.07) is 7.18. The van der Waals surface area contributed by atoms with E-state index in [1.54, 1.807) is 12.1 Å². The molecule has 1 N–H and O–H groups in total. The highest BCUT2D eigenvalue weighted by atomic mass is 19.4. The van der Waals surface area contributed by atoms with Crippen molar-refractivity contribution < 1.29 is 27.5 Å². The summed E-state index contributed by atoms with van der Waals surface area (Å²) in [6.07, 6.45) is -0.999. The van der Waals surface area contributed by atoms with E-state index in [1.165, 1.54) is 7.11 Å². The molecule has 210 valence electrons. The number of aromatic nitrogens is 2. The summed E-state index contributed by atoms with van der Waals surface area (Å²) in [6.45, 7) is 7.52. The Bertz CT molecular complexity index is 1180. The number of likely N-dealkylation sites (tertiary alicyclic amines) is 1. The maximum absolute atomic E-state index is 13.1. The van der Waals surface area contributed by atoms with E-state index in [-0.39, 0.29) is 41.5 Å². The van der Waals surface area contributed by atoms with Crippen molar-refractivity contribution in [2.45, 2.75) is 57.5 Å². The molecule has 0 bridgehead atoms. The van der Waals surface area contributed by atoms with E-state index >= 15 is 0 Å². The van der Waals surface area contributed by atoms with Crippen LogP contribution in [-0.4, -0.2) is 83.2 Å². The first kappa shape index (κ1) is 27.2. The summed E-state index contributed by atoms with van der Waals surface area (Å²) in [5.41, 5.74) is 1.05. The SMILES string of the molecule is COC(=O)c1ccc(CN2CC3(CC(NC(=O)N4[C@H](C)CN(c5ncc(C(F)(F)F)cn5)C[C@@H]4C)C3)C2)cc1. The zero-order valence-corrected chi connectivity index (χ0v) is 22.2. The van der Waals surface area contributed by atoms with Crippen molar-refractivity contribution >= 4 is 17.9 Å². The van der Waals surface area contributed by atoms with Gasteiger partial charge in [-0.3, -0.25) is 4.90 Å². The van der Waals surface area contributed by atoms with Crippen molar-refractivity contribution in [3.05, 3.63) is 53.3 Å². The van der Waals surface area contributed by atoms with Gasteiger partial charge in [0.15, 0.2) is 0 Å². The maximum atomic E-state index is 13.1. The van der Waals surface area contributed by atoms with Gasteiger partial charge in [-0.2, -0.15) is 13.2 Å². The Morgan fingerprint density at radius 3 is 2.18 bits per heavy atom. The van der Waals surface area contributed by atoms with Crippen molar-refractivity contribution in [2.24, 2.45) is 5.41 Å². The van der Waals surface area contributed by atoms with Crippen LogP contribution in [0.1, 0.15) is 48.2 Å². The summed E-state index contributed by atoms with van der Waals surface area (Å²) in [7, 11) is 1.37. The van der Waals surface area contributed by atoms with Gasteiger partial charge in [0, 0.05) is 63.2 Å². The zero-order valence-electron chi connectivity index (χ0n) is 22.2. The molecular formula is C27H33F3N6O3. The highest BCUT2D eigenvalue weighted by molar-refractivity contribution is 5.89. The van der Waals surface area contributed by atoms with Crippen LogP contribution < -0.4 is 10.2 Å². The number of nitrogens with one attached hydrogen (secondary N) is 1. The van der Waals surface area contributed by atoms with E-state index in [0.717, 1.165) is 50.4 Å². The molecule has 2 saturated heterocycles. The van der Waals surface area contributed by atoms with Gasteiger partial charge in [0.25, 0.3) is 0 Å². The highest BCUT2D eigenvalue weighted by Gasteiger charge is 2.52. The molecule has 3 fully saturated rings. The molecule has 1 spiro atoms. The van der Waals surface area contributed by atoms with Crippen LogP contribution in [0.2, 0.25) is 0 Å². The molecule has 2 atom stereocenters. The number of carbonyl (C=O) groups excluding carboxylic acids is 2. The highest BCUT2D eigenvalue weighted by Crippen LogP contribution is 2.48. The number of halogens is 3. The van der Waals surface area contributed by atoms with Crippen LogP contribution >= 0.6 is 0 Å². The second kappa shape index (κ2) is 10.3. The van der Waals surface area contributed by atoms with Crippen molar-refractivity contribution in [1.82, 2.24) is 25.1 Å². The summed E-state index contributed by atoms with van der Waals surface area (Å²) < 4.78 is 43.2. The fourth-order valence-electron chi connectivity index (χ4n) is 6.25. The molecule has 0 radical (unpaired) electrons. The number of piperazine rings is 1. The van der Waals surface area contributed by atoms with E-state index in [0.29, 0.717) is 18.7 Å². The number of hydrogen-bond acceptors (Lipinski definition) is 7. The Balaban J connectivity index is 1.07. The van der Waals surface area contributed by atoms with E-state index < -0.39 is 11.7 Å². The van der Waals surface area contributed by atoms with Gasteiger partial charge in [-0.05, 0) is 49.8 Å². The normalized spacial score (nSPS) is 23.2. The lowest BCUT2D eigenvalue weighted by Crippen LogP contribution is -2.68. The second-order valence-electron chi connectivity index (χ2n) is 11.2. The lowest BCUT2D eigenvalue weighted by molar-refractivity contribution is -0.138. The molecule has 5 rings (SSSR count). The minimum Gasteiger partial charge on any atom is -0.465 e. The Morgan fingerprint density at radius 1 is 1.05 bits per heavy atom. The summed E-state index contributed by atoms with van der Waals surface area (Å²) in [4.78, 5) is 38.6. The van der Waals surface area contributed by atoms with E-state index in [1.807, 2.05) is 35.8 Å². The average molecular weight is 547 g/mol. The second-order valence-corrected chi connectivity index (χ2v) is 11.2. The number of hydrogen-bond donors (Lipinski definition) is 1. The Kier molecular flexibility index (Phi) is 7.17. The number of rotatable bonds is 5. The van der Waals surface area contributed by atoms with Crippen LogP contribution in [0.3, 0.4) is 0 Å². The first-order chi connectivity index (χ1) is 18.5. The van der Waals surface area contributed by atoms with Gasteiger partial charge in [0.1, 0.15) is 0 Å². The van der Waals surface area contributed by atoms with Crippen LogP contribution in [0.25, 0.3) is 0 Å².